The Bertz CT molecular complexity index is 1180. The molecule has 29 heavy (non-hydrogen) atoms. The Labute approximate surface area is 166 Å². The highest BCUT2D eigenvalue weighted by atomic mass is 16.8. The molecular weight excluding hydrogens is 372 g/mol. The Hall–Kier alpha value is -2.94. The fourth-order valence-electron chi connectivity index (χ4n) is 4.93. The van der Waals surface area contributed by atoms with Crippen LogP contribution in [0.5, 0.6) is 0 Å². The second-order valence-corrected chi connectivity index (χ2v) is 8.05. The average molecular weight is 394 g/mol. The minimum absolute atomic E-state index is 0.00338. The number of aromatic nitrogens is 2. The number of nitrogens with one attached hydrogen (secondary N) is 1. The first kappa shape index (κ1) is 18.1. The number of rotatable bonds is 2. The highest BCUT2D eigenvalue weighted by molar-refractivity contribution is 5.98. The van der Waals surface area contributed by atoms with Crippen molar-refractivity contribution < 1.29 is 15.2 Å². The van der Waals surface area contributed by atoms with Crippen LogP contribution >= 0.6 is 0 Å². The number of aryl methyl sites for hydroxylation is 1. The van der Waals surface area contributed by atoms with Crippen LogP contribution in [0.3, 0.4) is 0 Å². The highest BCUT2D eigenvalue weighted by Gasteiger charge is 2.38. The molecule has 1 amide bonds. The molecular formula is C21H22N4O4. The number of hydrogen-bond acceptors (Lipinski definition) is 4. The van der Waals surface area contributed by atoms with E-state index in [4.69, 9.17) is 0 Å². The number of quaternary nitrogens is 1. The van der Waals surface area contributed by atoms with E-state index in [0.29, 0.717) is 25.3 Å². The molecule has 0 spiro atoms. The Morgan fingerprint density at radius 3 is 2.72 bits per heavy atom. The predicted molar refractivity (Wildman–Crippen MR) is 106 cm³/mol. The van der Waals surface area contributed by atoms with Gasteiger partial charge < -0.3 is 19.2 Å². The monoisotopic (exact) mass is 394 g/mol. The van der Waals surface area contributed by atoms with Crippen molar-refractivity contribution in [1.29, 1.82) is 0 Å². The van der Waals surface area contributed by atoms with Gasteiger partial charge in [0.2, 0.25) is 5.69 Å². The molecule has 3 unspecified atom stereocenters. The molecule has 0 aliphatic carbocycles. The number of carbonyl (C=O) groups is 1. The third-order valence-corrected chi connectivity index (χ3v) is 6.29. The summed E-state index contributed by atoms with van der Waals surface area (Å²) in [6.07, 6.45) is 0.907. The Kier molecular flexibility index (Phi) is 4.09. The second-order valence-electron chi connectivity index (χ2n) is 8.05. The zero-order valence-electron chi connectivity index (χ0n) is 16.0. The van der Waals surface area contributed by atoms with E-state index in [1.807, 2.05) is 46.8 Å². The van der Waals surface area contributed by atoms with Gasteiger partial charge in [0.15, 0.2) is 0 Å². The van der Waals surface area contributed by atoms with Gasteiger partial charge in [0.05, 0.1) is 0 Å². The molecule has 0 radical (unpaired) electrons. The minimum Gasteiger partial charge on any atom is -0.595 e. The van der Waals surface area contributed by atoms with Gasteiger partial charge in [-0.25, -0.2) is 5.21 Å². The number of para-hydroxylation sites is 1. The molecule has 5 rings (SSSR count). The number of pyridine rings is 1. The molecule has 1 fully saturated rings. The highest BCUT2D eigenvalue weighted by Crippen LogP contribution is 2.36. The van der Waals surface area contributed by atoms with Gasteiger partial charge in [-0.2, -0.15) is 5.23 Å². The summed E-state index contributed by atoms with van der Waals surface area (Å²) >= 11 is 0. The lowest BCUT2D eigenvalue weighted by Gasteiger charge is -2.42. The van der Waals surface area contributed by atoms with Crippen LogP contribution in [0.2, 0.25) is 0 Å². The van der Waals surface area contributed by atoms with Crippen LogP contribution < -0.4 is 10.8 Å². The van der Waals surface area contributed by atoms with E-state index in [0.717, 1.165) is 23.0 Å². The predicted octanol–water partition coefficient (Wildman–Crippen LogP) is 1.00. The molecule has 2 aliphatic rings. The maximum absolute atomic E-state index is 13.3. The summed E-state index contributed by atoms with van der Waals surface area (Å²) < 4.78 is 3.53. The molecule has 2 aliphatic heterocycles. The summed E-state index contributed by atoms with van der Waals surface area (Å²) in [6.45, 7) is 1.55. The van der Waals surface area contributed by atoms with Gasteiger partial charge >= 0.3 is 5.56 Å². The van der Waals surface area contributed by atoms with E-state index >= 15 is 0 Å². The van der Waals surface area contributed by atoms with E-state index in [1.165, 1.54) is 6.07 Å². The van der Waals surface area contributed by atoms with Crippen LogP contribution in [0.1, 0.15) is 28.5 Å². The lowest BCUT2D eigenvalue weighted by molar-refractivity contribution is -0.992. The van der Waals surface area contributed by atoms with Crippen LogP contribution in [-0.4, -0.2) is 38.2 Å². The number of piperidine rings is 1. The van der Waals surface area contributed by atoms with Gasteiger partial charge in [-0.3, -0.25) is 9.59 Å². The molecule has 1 saturated heterocycles. The van der Waals surface area contributed by atoms with Crippen molar-refractivity contribution in [2.75, 3.05) is 13.1 Å². The zero-order chi connectivity index (χ0) is 20.3. The molecule has 2 bridgehead atoms. The third kappa shape index (κ3) is 2.79. The first-order valence-corrected chi connectivity index (χ1v) is 9.75. The van der Waals surface area contributed by atoms with Crippen molar-refractivity contribution in [3.8, 4) is 0 Å². The van der Waals surface area contributed by atoms with Crippen LogP contribution in [0.15, 0.2) is 47.3 Å². The number of likely N-dealkylation sites (tertiary alicyclic amines) is 1. The Morgan fingerprint density at radius 2 is 1.97 bits per heavy atom. The van der Waals surface area contributed by atoms with Crippen molar-refractivity contribution in [3.05, 3.63) is 69.4 Å². The van der Waals surface area contributed by atoms with E-state index < -0.39 is 10.8 Å². The van der Waals surface area contributed by atoms with Crippen molar-refractivity contribution in [1.82, 2.24) is 14.0 Å². The lowest BCUT2D eigenvalue weighted by atomic mass is 9.83. The van der Waals surface area contributed by atoms with Crippen LogP contribution in [0.4, 0.5) is 5.69 Å². The summed E-state index contributed by atoms with van der Waals surface area (Å²) in [4.78, 5) is 27.7. The molecule has 1 aromatic carbocycles. The first-order valence-electron chi connectivity index (χ1n) is 9.75. The fourth-order valence-corrected chi connectivity index (χ4v) is 4.93. The van der Waals surface area contributed by atoms with E-state index in [9.17, 15) is 20.0 Å². The average Bonchev–Trinajstić information content (AvgIpc) is 3.04. The summed E-state index contributed by atoms with van der Waals surface area (Å²) in [5, 5.41) is 20.4. The van der Waals surface area contributed by atoms with Gasteiger partial charge in [-0.1, -0.05) is 18.2 Å². The molecule has 3 aromatic rings. The molecule has 3 atom stereocenters. The van der Waals surface area contributed by atoms with Crippen LogP contribution in [-0.2, 0) is 13.6 Å². The SMILES string of the molecule is Cn1c(C(=O)N2CC3CC(C2)c2ccc([NH+]([O-])O)c(=O)n2C3)cc2ccccc21. The van der Waals surface area contributed by atoms with Crippen LogP contribution in [0.25, 0.3) is 10.9 Å². The van der Waals surface area contributed by atoms with Crippen molar-refractivity contribution in [3.63, 3.8) is 0 Å². The van der Waals surface area contributed by atoms with E-state index in [1.54, 1.807) is 10.6 Å². The molecule has 150 valence electrons. The second kappa shape index (κ2) is 6.55. The van der Waals surface area contributed by atoms with Gasteiger partial charge in [0.1, 0.15) is 5.69 Å². The third-order valence-electron chi connectivity index (χ3n) is 6.29. The van der Waals surface area contributed by atoms with E-state index in [-0.39, 0.29) is 23.4 Å². The van der Waals surface area contributed by atoms with Crippen LogP contribution in [0, 0.1) is 11.1 Å². The van der Waals surface area contributed by atoms with Crippen molar-refractivity contribution in [2.45, 2.75) is 18.9 Å². The summed E-state index contributed by atoms with van der Waals surface area (Å²) in [7, 11) is 1.91. The van der Waals surface area contributed by atoms with Gasteiger partial charge in [-0.05, 0) is 30.5 Å². The quantitative estimate of drug-likeness (QED) is 0.634. The lowest BCUT2D eigenvalue weighted by Crippen LogP contribution is -3.00. The zero-order valence-corrected chi connectivity index (χ0v) is 16.0. The number of benzene rings is 1. The molecule has 2 aromatic heterocycles. The van der Waals surface area contributed by atoms with E-state index in [2.05, 4.69) is 0 Å². The minimum atomic E-state index is -1.20. The van der Waals surface area contributed by atoms with Crippen molar-refractivity contribution in [2.24, 2.45) is 13.0 Å². The summed E-state index contributed by atoms with van der Waals surface area (Å²) in [5.41, 5.74) is 1.86. The molecule has 0 saturated carbocycles. The number of carbonyl (C=O) groups excluding carboxylic acids is 1. The number of fused-ring (bicyclic) bond motifs is 5. The maximum atomic E-state index is 13.3. The topological polar surface area (TPSA) is 95.0 Å². The van der Waals surface area contributed by atoms with Crippen molar-refractivity contribution >= 4 is 22.5 Å². The summed E-state index contributed by atoms with van der Waals surface area (Å²) in [5.74, 6) is 0.176. The fraction of sp³-hybridized carbons (Fsp3) is 0.333. The summed E-state index contributed by atoms with van der Waals surface area (Å²) in [6, 6.07) is 13.0. The Morgan fingerprint density at radius 1 is 1.17 bits per heavy atom. The number of amides is 1. The van der Waals surface area contributed by atoms with Gasteiger partial charge in [0, 0.05) is 55.3 Å². The Balaban J connectivity index is 1.47. The van der Waals surface area contributed by atoms with Gasteiger partial charge in [-0.15, -0.1) is 0 Å². The van der Waals surface area contributed by atoms with Gasteiger partial charge in [0.25, 0.3) is 5.91 Å². The number of hydrogen-bond donors (Lipinski definition) is 2. The first-order chi connectivity index (χ1) is 13.9. The maximum Gasteiger partial charge on any atom is 0.315 e. The molecule has 8 heteroatoms. The molecule has 2 N–H and O–H groups in total. The standard InChI is InChI=1S/C21H22N4O4/c1-22-16-5-3-2-4-14(16)9-19(22)20(26)23-10-13-8-15(12-23)17-6-7-18(25(28)29)21(27)24(17)11-13/h2-7,9,13,15,25,28H,8,10-12H2,1H3. The normalized spacial score (nSPS) is 21.8. The molecule has 4 heterocycles. The number of nitrogens with zero attached hydrogens (tertiary/aromatic N) is 3. The molecule has 8 nitrogen and oxygen atoms in total. The smallest absolute Gasteiger partial charge is 0.315 e. The largest absolute Gasteiger partial charge is 0.595 e.